The Bertz CT molecular complexity index is 889. The minimum absolute atomic E-state index is 0.0231. The van der Waals surface area contributed by atoms with Gasteiger partial charge in [-0.05, 0) is 39.0 Å². The summed E-state index contributed by atoms with van der Waals surface area (Å²) >= 11 is 0. The highest BCUT2D eigenvalue weighted by atomic mass is 32.2. The maximum atomic E-state index is 13.0. The first-order chi connectivity index (χ1) is 14.5. The summed E-state index contributed by atoms with van der Waals surface area (Å²) in [6, 6.07) is 4.05. The number of carbonyl (C=O) groups is 2. The van der Waals surface area contributed by atoms with Gasteiger partial charge >= 0.3 is 5.97 Å². The third-order valence-electron chi connectivity index (χ3n) is 5.09. The molecular weight excluding hydrogens is 424 g/mol. The molecular formula is C21H32N2O7S. The number of esters is 1. The average molecular weight is 457 g/mol. The highest BCUT2D eigenvalue weighted by Crippen LogP contribution is 2.28. The van der Waals surface area contributed by atoms with Crippen LogP contribution in [0.15, 0.2) is 23.1 Å². The Kier molecular flexibility index (Phi) is 8.44. The summed E-state index contributed by atoms with van der Waals surface area (Å²) < 4.78 is 43.4. The Balaban J connectivity index is 2.23. The first kappa shape index (κ1) is 25.1. The molecule has 0 spiro atoms. The SMILES string of the molecule is CCN(CC)S(=O)(=O)c1cc(C(=O)OC(C)C(=O)N2CC(C)OC(C)C2)ccc1OC. The van der Waals surface area contributed by atoms with E-state index in [1.165, 1.54) is 36.5 Å². The monoisotopic (exact) mass is 456 g/mol. The van der Waals surface area contributed by atoms with Gasteiger partial charge < -0.3 is 19.1 Å². The second-order valence-corrected chi connectivity index (χ2v) is 9.41. The maximum Gasteiger partial charge on any atom is 0.338 e. The molecule has 1 fully saturated rings. The van der Waals surface area contributed by atoms with Crippen molar-refractivity contribution in [3.05, 3.63) is 23.8 Å². The number of sulfonamides is 1. The molecule has 9 nitrogen and oxygen atoms in total. The largest absolute Gasteiger partial charge is 0.495 e. The van der Waals surface area contributed by atoms with Crippen molar-refractivity contribution in [2.45, 2.75) is 57.8 Å². The molecule has 0 aliphatic carbocycles. The fraction of sp³-hybridized carbons (Fsp3) is 0.619. The topological polar surface area (TPSA) is 102 Å². The van der Waals surface area contributed by atoms with Crippen LogP contribution in [0, 0.1) is 0 Å². The lowest BCUT2D eigenvalue weighted by Gasteiger charge is -2.36. The van der Waals surface area contributed by atoms with Crippen LogP contribution in [-0.2, 0) is 24.3 Å². The number of rotatable bonds is 8. The molecule has 3 unspecified atom stereocenters. The molecule has 31 heavy (non-hydrogen) atoms. The van der Waals surface area contributed by atoms with Crippen molar-refractivity contribution in [2.24, 2.45) is 0 Å². The van der Waals surface area contributed by atoms with E-state index in [4.69, 9.17) is 14.2 Å². The number of hydrogen-bond acceptors (Lipinski definition) is 7. The van der Waals surface area contributed by atoms with E-state index in [1.54, 1.807) is 18.7 Å². The fourth-order valence-corrected chi connectivity index (χ4v) is 5.24. The van der Waals surface area contributed by atoms with E-state index < -0.39 is 22.1 Å². The lowest BCUT2D eigenvalue weighted by Crippen LogP contribution is -2.51. The van der Waals surface area contributed by atoms with Crippen molar-refractivity contribution in [3.63, 3.8) is 0 Å². The number of benzene rings is 1. The average Bonchev–Trinajstić information content (AvgIpc) is 2.72. The van der Waals surface area contributed by atoms with Gasteiger partial charge in [0, 0.05) is 26.2 Å². The van der Waals surface area contributed by atoms with Gasteiger partial charge in [0.15, 0.2) is 6.10 Å². The normalized spacial score (nSPS) is 20.4. The molecule has 1 aliphatic heterocycles. The lowest BCUT2D eigenvalue weighted by atomic mass is 10.2. The van der Waals surface area contributed by atoms with Crippen molar-refractivity contribution in [1.29, 1.82) is 0 Å². The Morgan fingerprint density at radius 3 is 2.29 bits per heavy atom. The van der Waals surface area contributed by atoms with Gasteiger partial charge in [0.1, 0.15) is 10.6 Å². The van der Waals surface area contributed by atoms with E-state index in [-0.39, 0.29) is 47.4 Å². The van der Waals surface area contributed by atoms with Gasteiger partial charge in [-0.15, -0.1) is 0 Å². The van der Waals surface area contributed by atoms with E-state index in [9.17, 15) is 18.0 Å². The first-order valence-corrected chi connectivity index (χ1v) is 11.8. The molecule has 0 bridgehead atoms. The second kappa shape index (κ2) is 10.4. The van der Waals surface area contributed by atoms with Crippen LogP contribution in [0.1, 0.15) is 45.0 Å². The van der Waals surface area contributed by atoms with Crippen LogP contribution >= 0.6 is 0 Å². The molecule has 1 aliphatic rings. The Morgan fingerprint density at radius 2 is 1.77 bits per heavy atom. The molecule has 1 saturated heterocycles. The summed E-state index contributed by atoms with van der Waals surface area (Å²) in [6.07, 6.45) is -1.23. The van der Waals surface area contributed by atoms with E-state index in [0.29, 0.717) is 13.1 Å². The Hall–Kier alpha value is -2.17. The lowest BCUT2D eigenvalue weighted by molar-refractivity contribution is -0.151. The second-order valence-electron chi connectivity index (χ2n) is 7.50. The van der Waals surface area contributed by atoms with Gasteiger partial charge in [-0.2, -0.15) is 4.31 Å². The van der Waals surface area contributed by atoms with Gasteiger partial charge in [-0.1, -0.05) is 13.8 Å². The number of amides is 1. The van der Waals surface area contributed by atoms with Crippen LogP contribution in [0.3, 0.4) is 0 Å². The zero-order valence-corrected chi connectivity index (χ0v) is 19.8. The van der Waals surface area contributed by atoms with E-state index >= 15 is 0 Å². The highest BCUT2D eigenvalue weighted by molar-refractivity contribution is 7.89. The smallest absolute Gasteiger partial charge is 0.338 e. The van der Waals surface area contributed by atoms with Crippen LogP contribution in [0.5, 0.6) is 5.75 Å². The van der Waals surface area contributed by atoms with Crippen LogP contribution in [0.2, 0.25) is 0 Å². The third kappa shape index (κ3) is 5.75. The summed E-state index contributed by atoms with van der Waals surface area (Å²) in [4.78, 5) is 26.9. The van der Waals surface area contributed by atoms with Crippen LogP contribution in [0.25, 0.3) is 0 Å². The number of hydrogen-bond donors (Lipinski definition) is 0. The molecule has 0 N–H and O–H groups in total. The summed E-state index contributed by atoms with van der Waals surface area (Å²) in [6.45, 7) is 10.1. The molecule has 0 aromatic heterocycles. The molecule has 0 saturated carbocycles. The predicted octanol–water partition coefficient (Wildman–Crippen LogP) is 1.91. The highest BCUT2D eigenvalue weighted by Gasteiger charge is 2.31. The van der Waals surface area contributed by atoms with Gasteiger partial charge in [-0.25, -0.2) is 13.2 Å². The van der Waals surface area contributed by atoms with Crippen molar-refractivity contribution in [2.75, 3.05) is 33.3 Å². The summed E-state index contributed by atoms with van der Waals surface area (Å²) in [5.41, 5.74) is 0.0231. The molecule has 2 rings (SSSR count). The van der Waals surface area contributed by atoms with Crippen molar-refractivity contribution in [1.82, 2.24) is 9.21 Å². The Labute approximate surface area is 184 Å². The van der Waals surface area contributed by atoms with Crippen LogP contribution in [0.4, 0.5) is 0 Å². The molecule has 10 heteroatoms. The standard InChI is InChI=1S/C21H32N2O7S/c1-7-23(8-2)31(26,27)19-11-17(9-10-18(19)28-6)21(25)30-16(5)20(24)22-12-14(3)29-15(4)13-22/h9-11,14-16H,7-8,12-13H2,1-6H3. The molecule has 1 aromatic carbocycles. The molecule has 0 radical (unpaired) electrons. The minimum Gasteiger partial charge on any atom is -0.495 e. The summed E-state index contributed by atoms with van der Waals surface area (Å²) in [7, 11) is -2.50. The maximum absolute atomic E-state index is 13.0. The van der Waals surface area contributed by atoms with E-state index in [2.05, 4.69) is 0 Å². The van der Waals surface area contributed by atoms with Gasteiger partial charge in [-0.3, -0.25) is 4.79 Å². The number of ether oxygens (including phenoxy) is 3. The zero-order valence-electron chi connectivity index (χ0n) is 19.0. The zero-order chi connectivity index (χ0) is 23.3. The van der Waals surface area contributed by atoms with Gasteiger partial charge in [0.2, 0.25) is 10.0 Å². The quantitative estimate of drug-likeness (QED) is 0.551. The number of carbonyl (C=O) groups excluding carboxylic acids is 2. The van der Waals surface area contributed by atoms with Crippen molar-refractivity contribution < 1.29 is 32.2 Å². The fourth-order valence-electron chi connectivity index (χ4n) is 3.60. The van der Waals surface area contributed by atoms with E-state index in [0.717, 1.165) is 0 Å². The molecule has 174 valence electrons. The number of methoxy groups -OCH3 is 1. The number of nitrogens with zero attached hydrogens (tertiary/aromatic N) is 2. The van der Waals surface area contributed by atoms with Crippen LogP contribution in [-0.4, -0.2) is 81.1 Å². The molecule has 1 amide bonds. The molecule has 3 atom stereocenters. The van der Waals surface area contributed by atoms with Crippen LogP contribution < -0.4 is 4.74 Å². The first-order valence-electron chi connectivity index (χ1n) is 10.4. The van der Waals surface area contributed by atoms with E-state index in [1.807, 2.05) is 13.8 Å². The Morgan fingerprint density at radius 1 is 1.19 bits per heavy atom. The predicted molar refractivity (Wildman–Crippen MR) is 115 cm³/mol. The summed E-state index contributed by atoms with van der Waals surface area (Å²) in [5, 5.41) is 0. The third-order valence-corrected chi connectivity index (χ3v) is 7.16. The van der Waals surface area contributed by atoms with Crippen molar-refractivity contribution in [3.8, 4) is 5.75 Å². The minimum atomic E-state index is -3.86. The summed E-state index contributed by atoms with van der Waals surface area (Å²) in [5.74, 6) is -0.974. The van der Waals surface area contributed by atoms with Crippen molar-refractivity contribution >= 4 is 21.9 Å². The molecule has 1 aromatic rings. The van der Waals surface area contributed by atoms with Gasteiger partial charge in [0.25, 0.3) is 5.91 Å². The number of morpholine rings is 1. The molecule has 1 heterocycles. The van der Waals surface area contributed by atoms with Gasteiger partial charge in [0.05, 0.1) is 24.9 Å².